The number of hydroxylamine groups is 2. The van der Waals surface area contributed by atoms with Crippen molar-refractivity contribution >= 4 is 6.08 Å². The van der Waals surface area contributed by atoms with Gasteiger partial charge in [-0.05, 0) is 40.0 Å². The largest absolute Gasteiger partial charge is 0.784 e. The zero-order chi connectivity index (χ0) is 11.0. The van der Waals surface area contributed by atoms with Crippen molar-refractivity contribution in [2.75, 3.05) is 6.54 Å². The molecule has 1 rings (SSSR count). The van der Waals surface area contributed by atoms with E-state index in [-0.39, 0.29) is 11.5 Å². The Bertz CT molecular complexity index is 267. The first-order chi connectivity index (χ1) is 6.32. The van der Waals surface area contributed by atoms with Gasteiger partial charge in [-0.25, -0.2) is 9.79 Å². The second kappa shape index (κ2) is 3.46. The Balaban J connectivity index is 2.85. The van der Waals surface area contributed by atoms with Crippen LogP contribution in [-0.4, -0.2) is 28.8 Å². The fraction of sp³-hybridized carbons (Fsp3) is 0.900. The number of isocyanates is 1. The molecular formula is C10H17N2O2-. The maximum absolute atomic E-state index is 11.9. The molecule has 0 radical (unpaired) electrons. The van der Waals surface area contributed by atoms with Crippen LogP contribution in [0.1, 0.15) is 34.1 Å². The summed E-state index contributed by atoms with van der Waals surface area (Å²) in [7, 11) is 0. The van der Waals surface area contributed by atoms with Crippen molar-refractivity contribution in [3.8, 4) is 0 Å². The monoisotopic (exact) mass is 197 g/mol. The molecule has 1 unspecified atom stereocenters. The van der Waals surface area contributed by atoms with Crippen molar-refractivity contribution < 1.29 is 4.79 Å². The zero-order valence-corrected chi connectivity index (χ0v) is 9.20. The molecule has 1 heterocycles. The minimum Gasteiger partial charge on any atom is -0.784 e. The highest BCUT2D eigenvalue weighted by Gasteiger charge is 2.45. The van der Waals surface area contributed by atoms with E-state index in [9.17, 15) is 10.0 Å². The van der Waals surface area contributed by atoms with Crippen LogP contribution in [0.3, 0.4) is 0 Å². The average molecular weight is 197 g/mol. The molecule has 0 aromatic carbocycles. The van der Waals surface area contributed by atoms with E-state index >= 15 is 0 Å². The average Bonchev–Trinajstić information content (AvgIpc) is 2.23. The third-order valence-corrected chi connectivity index (χ3v) is 3.19. The maximum Gasteiger partial charge on any atom is 0.234 e. The van der Waals surface area contributed by atoms with Gasteiger partial charge >= 0.3 is 0 Å². The lowest BCUT2D eigenvalue weighted by atomic mass is 9.87. The molecule has 1 atom stereocenters. The van der Waals surface area contributed by atoms with Gasteiger partial charge < -0.3 is 10.3 Å². The number of rotatable bonds is 2. The molecule has 1 fully saturated rings. The predicted molar refractivity (Wildman–Crippen MR) is 54.5 cm³/mol. The van der Waals surface area contributed by atoms with Crippen LogP contribution < -0.4 is 0 Å². The van der Waals surface area contributed by atoms with Gasteiger partial charge in [-0.3, -0.25) is 0 Å². The summed E-state index contributed by atoms with van der Waals surface area (Å²) >= 11 is 0. The van der Waals surface area contributed by atoms with Crippen LogP contribution in [0.4, 0.5) is 0 Å². The Labute approximate surface area is 84.6 Å². The zero-order valence-electron chi connectivity index (χ0n) is 9.20. The van der Waals surface area contributed by atoms with Gasteiger partial charge in [0.15, 0.2) is 0 Å². The van der Waals surface area contributed by atoms with E-state index < -0.39 is 5.54 Å². The van der Waals surface area contributed by atoms with Gasteiger partial charge in [0.1, 0.15) is 0 Å². The molecule has 0 spiro atoms. The Morgan fingerprint density at radius 3 is 2.43 bits per heavy atom. The summed E-state index contributed by atoms with van der Waals surface area (Å²) in [5.41, 5.74) is -0.795. The molecular weight excluding hydrogens is 180 g/mol. The lowest BCUT2D eigenvalue weighted by Crippen LogP contribution is -2.45. The molecule has 0 bridgehead atoms. The lowest BCUT2D eigenvalue weighted by molar-refractivity contribution is 0.129. The van der Waals surface area contributed by atoms with Gasteiger partial charge in [0, 0.05) is 11.1 Å². The highest BCUT2D eigenvalue weighted by Crippen LogP contribution is 2.43. The van der Waals surface area contributed by atoms with E-state index in [0.717, 1.165) is 11.5 Å². The fourth-order valence-electron chi connectivity index (χ4n) is 2.32. The number of carbonyl (C=O) groups excluding carboxylic acids is 1. The van der Waals surface area contributed by atoms with Crippen LogP contribution in [0.5, 0.6) is 0 Å². The summed E-state index contributed by atoms with van der Waals surface area (Å²) in [5, 5.41) is 13.0. The SMILES string of the molecule is CC1(C)CC(CN=C=O)C(C)(C)N1[O-]. The quantitative estimate of drug-likeness (QED) is 0.500. The molecule has 0 aromatic rings. The number of nitrogens with zero attached hydrogens (tertiary/aromatic N) is 2. The Morgan fingerprint density at radius 1 is 1.50 bits per heavy atom. The molecule has 4 nitrogen and oxygen atoms in total. The van der Waals surface area contributed by atoms with Gasteiger partial charge in [-0.2, -0.15) is 0 Å². The van der Waals surface area contributed by atoms with Gasteiger partial charge in [0.05, 0.1) is 6.54 Å². The minimum atomic E-state index is -0.441. The van der Waals surface area contributed by atoms with Crippen molar-refractivity contribution in [1.82, 2.24) is 5.06 Å². The Kier molecular flexibility index (Phi) is 2.81. The molecule has 1 aliphatic rings. The second-order valence-corrected chi connectivity index (χ2v) is 5.09. The van der Waals surface area contributed by atoms with Crippen LogP contribution in [0, 0.1) is 11.1 Å². The molecule has 4 heteroatoms. The van der Waals surface area contributed by atoms with Crippen molar-refractivity contribution in [2.24, 2.45) is 10.9 Å². The highest BCUT2D eigenvalue weighted by molar-refractivity contribution is 5.33. The molecule has 80 valence electrons. The lowest BCUT2D eigenvalue weighted by Gasteiger charge is -2.47. The summed E-state index contributed by atoms with van der Waals surface area (Å²) in [6.07, 6.45) is 2.30. The summed E-state index contributed by atoms with van der Waals surface area (Å²) in [5.74, 6) is 0.136. The van der Waals surface area contributed by atoms with Gasteiger partial charge in [-0.15, -0.1) is 0 Å². The topological polar surface area (TPSA) is 55.7 Å². The Morgan fingerprint density at radius 2 is 2.07 bits per heavy atom. The molecule has 0 N–H and O–H groups in total. The molecule has 1 aliphatic heterocycles. The maximum atomic E-state index is 11.9. The van der Waals surface area contributed by atoms with Gasteiger partial charge in [0.2, 0.25) is 6.08 Å². The van der Waals surface area contributed by atoms with E-state index in [1.807, 2.05) is 27.7 Å². The smallest absolute Gasteiger partial charge is 0.234 e. The Hall–Kier alpha value is -0.700. The van der Waals surface area contributed by atoms with Crippen LogP contribution in [-0.2, 0) is 4.79 Å². The number of hydrogen-bond donors (Lipinski definition) is 0. The van der Waals surface area contributed by atoms with E-state index in [4.69, 9.17) is 0 Å². The minimum absolute atomic E-state index is 0.136. The predicted octanol–water partition coefficient (Wildman–Crippen LogP) is 1.70. The molecule has 14 heavy (non-hydrogen) atoms. The van der Waals surface area contributed by atoms with Gasteiger partial charge in [-0.1, -0.05) is 0 Å². The summed E-state index contributed by atoms with van der Waals surface area (Å²) < 4.78 is 0. The van der Waals surface area contributed by atoms with Crippen molar-refractivity contribution in [2.45, 2.75) is 45.2 Å². The van der Waals surface area contributed by atoms with E-state index in [2.05, 4.69) is 4.99 Å². The van der Waals surface area contributed by atoms with Crippen molar-refractivity contribution in [3.63, 3.8) is 0 Å². The molecule has 1 saturated heterocycles. The summed E-state index contributed by atoms with van der Waals surface area (Å²) in [6, 6.07) is 0. The molecule has 0 amide bonds. The van der Waals surface area contributed by atoms with Crippen molar-refractivity contribution in [3.05, 3.63) is 5.21 Å². The normalized spacial score (nSPS) is 29.9. The van der Waals surface area contributed by atoms with Crippen LogP contribution >= 0.6 is 0 Å². The fourth-order valence-corrected chi connectivity index (χ4v) is 2.32. The first-order valence-corrected chi connectivity index (χ1v) is 4.83. The van der Waals surface area contributed by atoms with Crippen LogP contribution in [0.25, 0.3) is 0 Å². The molecule has 0 aliphatic carbocycles. The third-order valence-electron chi connectivity index (χ3n) is 3.19. The highest BCUT2D eigenvalue weighted by atomic mass is 16.5. The molecule has 0 saturated carbocycles. The standard InChI is InChI=1S/C10H17N2O2/c1-9(2)5-8(6-11-7-13)10(3,4)12(9)14/h8H,5-6H2,1-4H3/q-1. The molecule has 0 aromatic heterocycles. The first-order valence-electron chi connectivity index (χ1n) is 4.83. The number of aliphatic imine (C=N–C) groups is 1. The second-order valence-electron chi connectivity index (χ2n) is 5.09. The number of hydrogen-bond acceptors (Lipinski definition) is 4. The first kappa shape index (κ1) is 11.4. The van der Waals surface area contributed by atoms with Gasteiger partial charge in [0.25, 0.3) is 0 Å². The van der Waals surface area contributed by atoms with Crippen LogP contribution in [0.2, 0.25) is 0 Å². The summed E-state index contributed by atoms with van der Waals surface area (Å²) in [4.78, 5) is 13.6. The van der Waals surface area contributed by atoms with Crippen molar-refractivity contribution in [1.29, 1.82) is 0 Å². The van der Waals surface area contributed by atoms with E-state index in [0.29, 0.717) is 6.54 Å². The summed E-state index contributed by atoms with van der Waals surface area (Å²) in [6.45, 7) is 8.05. The van der Waals surface area contributed by atoms with Crippen LogP contribution in [0.15, 0.2) is 4.99 Å². The third kappa shape index (κ3) is 1.73. The van der Waals surface area contributed by atoms with E-state index in [1.54, 1.807) is 0 Å². The van der Waals surface area contributed by atoms with E-state index in [1.165, 1.54) is 6.08 Å².